The number of hydrogen-bond donors (Lipinski definition) is 1. The molecule has 1 N–H and O–H groups in total. The Hall–Kier alpha value is -0.520. The van der Waals surface area contributed by atoms with Gasteiger partial charge in [-0.3, -0.25) is 0 Å². The van der Waals surface area contributed by atoms with E-state index in [4.69, 9.17) is 6.42 Å². The number of hydrogen-bond acceptors (Lipinski definition) is 2. The molecule has 2 nitrogen and oxygen atoms in total. The van der Waals surface area contributed by atoms with Gasteiger partial charge in [0.25, 0.3) is 0 Å². The summed E-state index contributed by atoms with van der Waals surface area (Å²) in [4.78, 5) is 2.66. The topological polar surface area (TPSA) is 15.3 Å². The molecule has 2 heterocycles. The quantitative estimate of drug-likeness (QED) is 0.729. The minimum atomic E-state index is 0.294. The molecule has 2 rings (SSSR count). The highest BCUT2D eigenvalue weighted by Crippen LogP contribution is 2.27. The molecule has 0 radical (unpaired) electrons. The Morgan fingerprint density at radius 1 is 1.44 bits per heavy atom. The molecule has 0 aromatic carbocycles. The zero-order valence-corrected chi connectivity index (χ0v) is 10.4. The number of nitrogens with zero attached hydrogens (tertiary/aromatic N) is 1. The van der Waals surface area contributed by atoms with Gasteiger partial charge in [0.2, 0.25) is 0 Å². The third-order valence-corrected chi connectivity index (χ3v) is 4.04. The molecule has 2 aliphatic heterocycles. The van der Waals surface area contributed by atoms with Gasteiger partial charge in [-0.15, -0.1) is 6.42 Å². The van der Waals surface area contributed by atoms with Gasteiger partial charge in [0.05, 0.1) is 6.04 Å². The number of piperidine rings is 1. The van der Waals surface area contributed by atoms with E-state index >= 15 is 0 Å². The van der Waals surface area contributed by atoms with Crippen LogP contribution in [0.4, 0.5) is 0 Å². The fourth-order valence-corrected chi connectivity index (χ4v) is 3.16. The van der Waals surface area contributed by atoms with Gasteiger partial charge in [0.15, 0.2) is 0 Å². The molecule has 16 heavy (non-hydrogen) atoms. The predicted molar refractivity (Wildman–Crippen MR) is 68.3 cm³/mol. The molecule has 2 aliphatic rings. The molecule has 0 saturated carbocycles. The van der Waals surface area contributed by atoms with Crippen LogP contribution in [-0.4, -0.2) is 36.1 Å². The fourth-order valence-electron chi connectivity index (χ4n) is 3.16. The first-order valence-corrected chi connectivity index (χ1v) is 6.79. The largest absolute Gasteiger partial charge is 0.301 e. The normalized spacial score (nSPS) is 32.0. The van der Waals surface area contributed by atoms with Gasteiger partial charge < -0.3 is 10.2 Å². The van der Waals surface area contributed by atoms with E-state index in [1.165, 1.54) is 45.2 Å². The van der Waals surface area contributed by atoms with Crippen LogP contribution in [0.1, 0.15) is 45.4 Å². The van der Waals surface area contributed by atoms with Gasteiger partial charge in [0, 0.05) is 12.1 Å². The molecule has 2 heteroatoms. The lowest BCUT2D eigenvalue weighted by molar-refractivity contribution is 0.163. The highest BCUT2D eigenvalue weighted by Gasteiger charge is 2.31. The Morgan fingerprint density at radius 2 is 2.31 bits per heavy atom. The van der Waals surface area contributed by atoms with E-state index < -0.39 is 0 Å². The van der Waals surface area contributed by atoms with Crippen LogP contribution < -0.4 is 5.32 Å². The maximum Gasteiger partial charge on any atom is 0.0688 e. The monoisotopic (exact) mass is 220 g/mol. The molecule has 2 saturated heterocycles. The second kappa shape index (κ2) is 5.70. The Balaban J connectivity index is 1.80. The predicted octanol–water partition coefficient (Wildman–Crippen LogP) is 2.00. The minimum absolute atomic E-state index is 0.294. The maximum absolute atomic E-state index is 5.56. The first-order valence-electron chi connectivity index (χ1n) is 6.79. The van der Waals surface area contributed by atoms with E-state index in [1.54, 1.807) is 0 Å². The van der Waals surface area contributed by atoms with Gasteiger partial charge in [0.1, 0.15) is 0 Å². The molecule has 0 amide bonds. The van der Waals surface area contributed by atoms with E-state index in [9.17, 15) is 0 Å². The van der Waals surface area contributed by atoms with Crippen molar-refractivity contribution in [2.75, 3.05) is 13.1 Å². The SMILES string of the molecule is C#CC(CCC)NC1CCN2CCCC2C1. The molecule has 0 spiro atoms. The van der Waals surface area contributed by atoms with Crippen molar-refractivity contribution < 1.29 is 0 Å². The van der Waals surface area contributed by atoms with Crippen molar-refractivity contribution in [2.45, 2.75) is 63.6 Å². The number of fused-ring (bicyclic) bond motifs is 1. The molecule has 3 atom stereocenters. The summed E-state index contributed by atoms with van der Waals surface area (Å²) in [5, 5.41) is 3.66. The summed E-state index contributed by atoms with van der Waals surface area (Å²) in [5.74, 6) is 2.89. The fraction of sp³-hybridized carbons (Fsp3) is 0.857. The summed E-state index contributed by atoms with van der Waals surface area (Å²) >= 11 is 0. The molecule has 90 valence electrons. The first kappa shape index (κ1) is 12.0. The molecule has 0 aliphatic carbocycles. The average molecular weight is 220 g/mol. The second-order valence-electron chi connectivity index (χ2n) is 5.23. The van der Waals surface area contributed by atoms with E-state index in [0.717, 1.165) is 12.5 Å². The maximum atomic E-state index is 5.56. The third-order valence-electron chi connectivity index (χ3n) is 4.04. The van der Waals surface area contributed by atoms with E-state index in [2.05, 4.69) is 23.1 Å². The Kier molecular flexibility index (Phi) is 4.26. The van der Waals surface area contributed by atoms with Crippen molar-refractivity contribution in [3.8, 4) is 12.3 Å². The lowest BCUT2D eigenvalue weighted by Gasteiger charge is -2.36. The van der Waals surface area contributed by atoms with E-state index in [-0.39, 0.29) is 0 Å². The summed E-state index contributed by atoms with van der Waals surface area (Å²) in [6, 6.07) is 1.79. The Bertz CT molecular complexity index is 256. The summed E-state index contributed by atoms with van der Waals surface area (Å²) in [6.07, 6.45) is 13.2. The van der Waals surface area contributed by atoms with Crippen molar-refractivity contribution in [3.63, 3.8) is 0 Å². The van der Waals surface area contributed by atoms with Crippen LogP contribution in [0.25, 0.3) is 0 Å². The second-order valence-corrected chi connectivity index (χ2v) is 5.23. The molecule has 2 fully saturated rings. The van der Waals surface area contributed by atoms with Crippen LogP contribution in [0, 0.1) is 12.3 Å². The molecular formula is C14H24N2. The highest BCUT2D eigenvalue weighted by atomic mass is 15.2. The van der Waals surface area contributed by atoms with Crippen LogP contribution in [0.3, 0.4) is 0 Å². The van der Waals surface area contributed by atoms with Gasteiger partial charge in [-0.2, -0.15) is 0 Å². The number of rotatable bonds is 4. The smallest absolute Gasteiger partial charge is 0.0688 e. The van der Waals surface area contributed by atoms with Crippen molar-refractivity contribution in [1.29, 1.82) is 0 Å². The minimum Gasteiger partial charge on any atom is -0.301 e. The molecule has 0 aromatic heterocycles. The third kappa shape index (κ3) is 2.78. The van der Waals surface area contributed by atoms with Gasteiger partial charge in [-0.05, 0) is 45.2 Å². The van der Waals surface area contributed by atoms with Crippen LogP contribution in [0.2, 0.25) is 0 Å². The van der Waals surface area contributed by atoms with Crippen molar-refractivity contribution >= 4 is 0 Å². The van der Waals surface area contributed by atoms with Crippen LogP contribution in [0.5, 0.6) is 0 Å². The molecule has 3 unspecified atom stereocenters. The first-order chi connectivity index (χ1) is 7.83. The Labute approximate surface area is 99.8 Å². The van der Waals surface area contributed by atoms with Crippen molar-refractivity contribution in [1.82, 2.24) is 10.2 Å². The summed E-state index contributed by atoms with van der Waals surface area (Å²) in [5.41, 5.74) is 0. The highest BCUT2D eigenvalue weighted by molar-refractivity contribution is 5.01. The zero-order valence-electron chi connectivity index (χ0n) is 10.4. The van der Waals surface area contributed by atoms with Crippen LogP contribution in [-0.2, 0) is 0 Å². The van der Waals surface area contributed by atoms with Crippen molar-refractivity contribution in [3.05, 3.63) is 0 Å². The van der Waals surface area contributed by atoms with Gasteiger partial charge >= 0.3 is 0 Å². The molecule has 0 aromatic rings. The van der Waals surface area contributed by atoms with E-state index in [0.29, 0.717) is 12.1 Å². The number of terminal acetylenes is 1. The molecular weight excluding hydrogens is 196 g/mol. The van der Waals surface area contributed by atoms with Crippen molar-refractivity contribution in [2.24, 2.45) is 0 Å². The van der Waals surface area contributed by atoms with Crippen LogP contribution >= 0.6 is 0 Å². The standard InChI is InChI=1S/C14H24N2/c1-3-6-12(4-2)15-13-8-10-16-9-5-7-14(16)11-13/h2,12-15H,3,5-11H2,1H3. The van der Waals surface area contributed by atoms with Crippen LogP contribution in [0.15, 0.2) is 0 Å². The summed E-state index contributed by atoms with van der Waals surface area (Å²) < 4.78 is 0. The zero-order chi connectivity index (χ0) is 11.4. The number of nitrogens with one attached hydrogen (secondary N) is 1. The van der Waals surface area contributed by atoms with Gasteiger partial charge in [-0.25, -0.2) is 0 Å². The Morgan fingerprint density at radius 3 is 3.06 bits per heavy atom. The molecule has 0 bridgehead atoms. The lowest BCUT2D eigenvalue weighted by Crippen LogP contribution is -2.48. The summed E-state index contributed by atoms with van der Waals surface area (Å²) in [7, 11) is 0. The van der Waals surface area contributed by atoms with E-state index in [1.807, 2.05) is 0 Å². The average Bonchev–Trinajstić information content (AvgIpc) is 2.75. The lowest BCUT2D eigenvalue weighted by atomic mass is 9.96. The van der Waals surface area contributed by atoms with Gasteiger partial charge in [-0.1, -0.05) is 19.3 Å². The summed E-state index contributed by atoms with van der Waals surface area (Å²) in [6.45, 7) is 4.79.